The van der Waals surface area contributed by atoms with E-state index in [1.807, 2.05) is 30.3 Å². The number of anilines is 1. The Morgan fingerprint density at radius 3 is 2.36 bits per heavy atom. The molecule has 0 aromatic carbocycles. The first-order chi connectivity index (χ1) is 6.38. The van der Waals surface area contributed by atoms with Crippen molar-refractivity contribution in [1.82, 2.24) is 9.97 Å². The molecule has 0 saturated carbocycles. The molecule has 2 N–H and O–H groups in total. The molecule has 0 atom stereocenters. The minimum atomic E-state index is 0. The van der Waals surface area contributed by atoms with Gasteiger partial charge in [0, 0.05) is 32.8 Å². The quantitative estimate of drug-likeness (QED) is 0.808. The second-order valence-electron chi connectivity index (χ2n) is 2.66. The van der Waals surface area contributed by atoms with Gasteiger partial charge in [-0.25, -0.2) is 0 Å². The van der Waals surface area contributed by atoms with Gasteiger partial charge in [0.25, 0.3) is 0 Å². The molecule has 0 unspecified atom stereocenters. The van der Waals surface area contributed by atoms with E-state index in [1.165, 1.54) is 0 Å². The van der Waals surface area contributed by atoms with Gasteiger partial charge in [-0.1, -0.05) is 6.07 Å². The number of aromatic nitrogens is 2. The van der Waals surface area contributed by atoms with E-state index in [1.54, 1.807) is 12.4 Å². The molecule has 0 aliphatic rings. The fourth-order valence-electron chi connectivity index (χ4n) is 1.13. The van der Waals surface area contributed by atoms with E-state index in [4.69, 9.17) is 5.73 Å². The predicted molar refractivity (Wildman–Crippen MR) is 51.9 cm³/mol. The molecule has 0 fully saturated rings. The van der Waals surface area contributed by atoms with Gasteiger partial charge in [-0.3, -0.25) is 9.97 Å². The van der Waals surface area contributed by atoms with Crippen LogP contribution in [-0.2, 0) is 20.4 Å². The average molecular weight is 278 g/mol. The standard InChI is InChI=1S/C10H9N3.Pd/c11-8-4-3-7-13-10(8)9-5-1-2-6-12-9;/h1-7H,11H2;. The summed E-state index contributed by atoms with van der Waals surface area (Å²) in [6, 6.07) is 9.29. The van der Waals surface area contributed by atoms with Crippen molar-refractivity contribution in [2.75, 3.05) is 5.73 Å². The Balaban J connectivity index is 0.000000980. The molecular formula is C10H9N3Pd. The van der Waals surface area contributed by atoms with Crippen molar-refractivity contribution in [3.8, 4) is 11.4 Å². The Bertz CT molecular complexity index is 403. The summed E-state index contributed by atoms with van der Waals surface area (Å²) in [5.74, 6) is 0. The Labute approximate surface area is 96.0 Å². The monoisotopic (exact) mass is 277 g/mol. The smallest absolute Gasteiger partial charge is 0.111 e. The maximum atomic E-state index is 5.75. The first-order valence-corrected chi connectivity index (χ1v) is 4.00. The second kappa shape index (κ2) is 4.85. The van der Waals surface area contributed by atoms with Crippen LogP contribution < -0.4 is 5.73 Å². The van der Waals surface area contributed by atoms with Crippen molar-refractivity contribution in [2.24, 2.45) is 0 Å². The Hall–Kier alpha value is -1.24. The van der Waals surface area contributed by atoms with E-state index in [2.05, 4.69) is 9.97 Å². The van der Waals surface area contributed by atoms with Gasteiger partial charge in [-0.05, 0) is 24.3 Å². The molecule has 0 radical (unpaired) electrons. The molecule has 0 saturated heterocycles. The largest absolute Gasteiger partial charge is 0.397 e. The van der Waals surface area contributed by atoms with Gasteiger partial charge in [-0.2, -0.15) is 0 Å². The van der Waals surface area contributed by atoms with Gasteiger partial charge >= 0.3 is 0 Å². The molecule has 4 heteroatoms. The molecule has 2 heterocycles. The third-order valence-electron chi connectivity index (χ3n) is 1.75. The van der Waals surface area contributed by atoms with Gasteiger partial charge in [0.15, 0.2) is 0 Å². The maximum absolute atomic E-state index is 5.75. The average Bonchev–Trinajstić information content (AvgIpc) is 2.20. The molecule has 0 bridgehead atoms. The van der Waals surface area contributed by atoms with E-state index < -0.39 is 0 Å². The summed E-state index contributed by atoms with van der Waals surface area (Å²) in [6.45, 7) is 0. The molecule has 3 nitrogen and oxygen atoms in total. The molecule has 0 amide bonds. The van der Waals surface area contributed by atoms with Crippen molar-refractivity contribution in [2.45, 2.75) is 0 Å². The molecule has 0 aliphatic heterocycles. The zero-order chi connectivity index (χ0) is 9.10. The first kappa shape index (κ1) is 10.8. The van der Waals surface area contributed by atoms with Gasteiger partial charge in [0.2, 0.25) is 0 Å². The van der Waals surface area contributed by atoms with Crippen LogP contribution in [0.2, 0.25) is 0 Å². The third kappa shape index (κ3) is 2.17. The Kier molecular flexibility index (Phi) is 3.75. The SMILES string of the molecule is Nc1cccnc1-c1ccccn1.[Pd]. The van der Waals surface area contributed by atoms with Crippen LogP contribution in [0.5, 0.6) is 0 Å². The Morgan fingerprint density at radius 2 is 1.71 bits per heavy atom. The summed E-state index contributed by atoms with van der Waals surface area (Å²) in [4.78, 5) is 8.33. The number of nitrogen functional groups attached to an aromatic ring is 1. The fraction of sp³-hybridized carbons (Fsp3) is 0. The molecule has 74 valence electrons. The van der Waals surface area contributed by atoms with Crippen LogP contribution in [0.25, 0.3) is 11.4 Å². The Morgan fingerprint density at radius 1 is 0.929 bits per heavy atom. The summed E-state index contributed by atoms with van der Waals surface area (Å²) in [7, 11) is 0. The van der Waals surface area contributed by atoms with Crippen LogP contribution in [0.4, 0.5) is 5.69 Å². The minimum absolute atomic E-state index is 0. The first-order valence-electron chi connectivity index (χ1n) is 4.00. The van der Waals surface area contributed by atoms with Crippen molar-refractivity contribution < 1.29 is 20.4 Å². The summed E-state index contributed by atoms with van der Waals surface area (Å²) in [6.07, 6.45) is 3.43. The molecule has 0 spiro atoms. The van der Waals surface area contributed by atoms with E-state index in [0.29, 0.717) is 5.69 Å². The molecule has 14 heavy (non-hydrogen) atoms. The van der Waals surface area contributed by atoms with Crippen molar-refractivity contribution in [1.29, 1.82) is 0 Å². The van der Waals surface area contributed by atoms with Crippen LogP contribution in [-0.4, -0.2) is 9.97 Å². The van der Waals surface area contributed by atoms with Crippen molar-refractivity contribution in [3.63, 3.8) is 0 Å². The minimum Gasteiger partial charge on any atom is -0.397 e. The van der Waals surface area contributed by atoms with Crippen LogP contribution in [0.1, 0.15) is 0 Å². The summed E-state index contributed by atoms with van der Waals surface area (Å²) in [5, 5.41) is 0. The number of pyridine rings is 2. The van der Waals surface area contributed by atoms with Crippen LogP contribution in [0.15, 0.2) is 42.7 Å². The molecule has 0 aliphatic carbocycles. The van der Waals surface area contributed by atoms with E-state index >= 15 is 0 Å². The van der Waals surface area contributed by atoms with E-state index in [-0.39, 0.29) is 20.4 Å². The summed E-state index contributed by atoms with van der Waals surface area (Å²) < 4.78 is 0. The zero-order valence-electron chi connectivity index (χ0n) is 7.33. The number of nitrogens with two attached hydrogens (primary N) is 1. The number of hydrogen-bond acceptors (Lipinski definition) is 3. The fourth-order valence-corrected chi connectivity index (χ4v) is 1.13. The van der Waals surface area contributed by atoms with Crippen molar-refractivity contribution >= 4 is 5.69 Å². The van der Waals surface area contributed by atoms with Crippen LogP contribution >= 0.6 is 0 Å². The number of rotatable bonds is 1. The predicted octanol–water partition coefficient (Wildman–Crippen LogP) is 1.72. The number of nitrogens with zero attached hydrogens (tertiary/aromatic N) is 2. The zero-order valence-corrected chi connectivity index (χ0v) is 8.88. The summed E-state index contributed by atoms with van der Waals surface area (Å²) >= 11 is 0. The van der Waals surface area contributed by atoms with Gasteiger partial charge in [-0.15, -0.1) is 0 Å². The molecule has 2 aromatic heterocycles. The normalized spacial score (nSPS) is 9.14. The van der Waals surface area contributed by atoms with E-state index in [9.17, 15) is 0 Å². The molecule has 2 rings (SSSR count). The molecular weight excluding hydrogens is 269 g/mol. The van der Waals surface area contributed by atoms with Crippen LogP contribution in [0.3, 0.4) is 0 Å². The van der Waals surface area contributed by atoms with Crippen molar-refractivity contribution in [3.05, 3.63) is 42.7 Å². The van der Waals surface area contributed by atoms with Gasteiger partial charge < -0.3 is 5.73 Å². The second-order valence-corrected chi connectivity index (χ2v) is 2.66. The summed E-state index contributed by atoms with van der Waals surface area (Å²) in [5.41, 5.74) is 7.95. The van der Waals surface area contributed by atoms with Gasteiger partial charge in [0.1, 0.15) is 5.69 Å². The van der Waals surface area contributed by atoms with E-state index in [0.717, 1.165) is 11.4 Å². The maximum Gasteiger partial charge on any atom is 0.111 e. The third-order valence-corrected chi connectivity index (χ3v) is 1.75. The number of hydrogen-bond donors (Lipinski definition) is 1. The topological polar surface area (TPSA) is 51.8 Å². The van der Waals surface area contributed by atoms with Crippen LogP contribution in [0, 0.1) is 0 Å². The molecule has 2 aromatic rings. The van der Waals surface area contributed by atoms with Gasteiger partial charge in [0.05, 0.1) is 11.4 Å².